The molecule has 0 aliphatic carbocycles. The zero-order valence-corrected chi connectivity index (χ0v) is 21.2. The van der Waals surface area contributed by atoms with E-state index in [1.165, 1.54) is 0 Å². The minimum absolute atomic E-state index is 0.103. The largest absolute Gasteiger partial charge is 0.496 e. The Labute approximate surface area is 200 Å². The maximum atomic E-state index is 13.1. The van der Waals surface area contributed by atoms with Crippen molar-refractivity contribution in [3.05, 3.63) is 29.0 Å². The maximum absolute atomic E-state index is 13.1. The standard InChI is InChI=1S/C21H32N6O4S2/c1-16-13-26(14-17(2)31-16)33(28,29)25-11-9-24(10-12-25)15-27-21(32)23(3)20(22-27)18-7-5-6-8-19(18)30-4/h5-8,16-17H,9-15H2,1-4H3. The number of benzene rings is 1. The molecule has 12 heteroatoms. The Morgan fingerprint density at radius 2 is 1.73 bits per heavy atom. The summed E-state index contributed by atoms with van der Waals surface area (Å²) in [6.07, 6.45) is -0.207. The first kappa shape index (κ1) is 24.3. The number of hydrogen-bond donors (Lipinski definition) is 0. The lowest BCUT2D eigenvalue weighted by molar-refractivity contribution is -0.0458. The van der Waals surface area contributed by atoms with Crippen molar-refractivity contribution in [3.63, 3.8) is 0 Å². The summed E-state index contributed by atoms with van der Waals surface area (Å²) in [6, 6.07) is 7.71. The maximum Gasteiger partial charge on any atom is 0.282 e. The first-order chi connectivity index (χ1) is 15.7. The van der Waals surface area contributed by atoms with E-state index in [1.807, 2.05) is 49.7 Å². The molecule has 0 bridgehead atoms. The van der Waals surface area contributed by atoms with E-state index in [0.29, 0.717) is 50.7 Å². The first-order valence-corrected chi connectivity index (χ1v) is 12.9. The van der Waals surface area contributed by atoms with Gasteiger partial charge in [0.1, 0.15) is 5.75 Å². The summed E-state index contributed by atoms with van der Waals surface area (Å²) >= 11 is 5.62. The number of morpholine rings is 1. The fraction of sp³-hybridized carbons (Fsp3) is 0.619. The molecule has 0 radical (unpaired) electrons. The average Bonchev–Trinajstić information content (AvgIpc) is 3.07. The second-order valence-corrected chi connectivity index (χ2v) is 10.9. The summed E-state index contributed by atoms with van der Waals surface area (Å²) in [5.41, 5.74) is 0.872. The van der Waals surface area contributed by atoms with Crippen LogP contribution < -0.4 is 4.74 Å². The van der Waals surface area contributed by atoms with Crippen LogP contribution in [0.15, 0.2) is 24.3 Å². The van der Waals surface area contributed by atoms with Crippen LogP contribution in [0.2, 0.25) is 0 Å². The average molecular weight is 497 g/mol. The third-order valence-electron chi connectivity index (χ3n) is 6.09. The minimum atomic E-state index is -3.50. The summed E-state index contributed by atoms with van der Waals surface area (Å²) < 4.78 is 44.8. The molecule has 10 nitrogen and oxygen atoms in total. The van der Waals surface area contributed by atoms with Crippen molar-refractivity contribution < 1.29 is 17.9 Å². The molecule has 0 spiro atoms. The summed E-state index contributed by atoms with van der Waals surface area (Å²) in [6.45, 7) is 7.18. The molecule has 33 heavy (non-hydrogen) atoms. The van der Waals surface area contributed by atoms with Gasteiger partial charge in [0.25, 0.3) is 10.2 Å². The van der Waals surface area contributed by atoms with E-state index in [-0.39, 0.29) is 12.2 Å². The van der Waals surface area contributed by atoms with Crippen LogP contribution in [-0.2, 0) is 28.7 Å². The number of nitrogens with zero attached hydrogens (tertiary/aromatic N) is 6. The number of ether oxygens (including phenoxy) is 2. The van der Waals surface area contributed by atoms with Crippen LogP contribution in [0.3, 0.4) is 0 Å². The SMILES string of the molecule is COc1ccccc1-c1nn(CN2CCN(S(=O)(=O)N3CC(C)OC(C)C3)CC2)c(=S)n1C. The van der Waals surface area contributed by atoms with Gasteiger partial charge in [-0.05, 0) is 38.2 Å². The van der Waals surface area contributed by atoms with E-state index in [9.17, 15) is 8.42 Å². The summed E-state index contributed by atoms with van der Waals surface area (Å²) in [5, 5.41) is 4.74. The second-order valence-electron chi connectivity index (χ2n) is 8.61. The van der Waals surface area contributed by atoms with Crippen LogP contribution in [0.5, 0.6) is 5.75 Å². The van der Waals surface area contributed by atoms with Crippen LogP contribution in [-0.4, -0.2) is 94.9 Å². The van der Waals surface area contributed by atoms with Gasteiger partial charge in [0.2, 0.25) is 0 Å². The lowest BCUT2D eigenvalue weighted by atomic mass is 10.2. The molecule has 2 aliphatic rings. The molecule has 2 aliphatic heterocycles. The summed E-state index contributed by atoms with van der Waals surface area (Å²) in [5.74, 6) is 1.47. The molecule has 2 saturated heterocycles. The van der Waals surface area contributed by atoms with Gasteiger partial charge in [-0.3, -0.25) is 4.90 Å². The van der Waals surface area contributed by atoms with Crippen molar-refractivity contribution in [2.45, 2.75) is 32.7 Å². The molecule has 2 fully saturated rings. The highest BCUT2D eigenvalue weighted by atomic mass is 32.2. The molecule has 1 aromatic heterocycles. The molecule has 2 unspecified atom stereocenters. The molecule has 3 heterocycles. The van der Waals surface area contributed by atoms with E-state index in [0.717, 1.165) is 17.1 Å². The fourth-order valence-electron chi connectivity index (χ4n) is 4.42. The van der Waals surface area contributed by atoms with Gasteiger partial charge in [0, 0.05) is 46.3 Å². The highest BCUT2D eigenvalue weighted by molar-refractivity contribution is 7.86. The van der Waals surface area contributed by atoms with E-state index >= 15 is 0 Å². The second kappa shape index (κ2) is 9.80. The van der Waals surface area contributed by atoms with Crippen LogP contribution in [0.25, 0.3) is 11.4 Å². The normalized spacial score (nSPS) is 23.6. The van der Waals surface area contributed by atoms with Crippen molar-refractivity contribution in [1.82, 2.24) is 27.9 Å². The molecule has 0 N–H and O–H groups in total. The third-order valence-corrected chi connectivity index (χ3v) is 8.55. The zero-order valence-electron chi connectivity index (χ0n) is 19.5. The molecule has 4 rings (SSSR count). The lowest BCUT2D eigenvalue weighted by Gasteiger charge is -2.40. The lowest BCUT2D eigenvalue weighted by Crippen LogP contribution is -2.57. The Morgan fingerprint density at radius 1 is 1.09 bits per heavy atom. The Hall–Kier alpha value is -1.83. The first-order valence-electron chi connectivity index (χ1n) is 11.1. The smallest absolute Gasteiger partial charge is 0.282 e. The third kappa shape index (κ3) is 5.00. The van der Waals surface area contributed by atoms with Crippen LogP contribution in [0, 0.1) is 4.77 Å². The molecule has 2 aromatic rings. The van der Waals surface area contributed by atoms with Gasteiger partial charge >= 0.3 is 0 Å². The molecular weight excluding hydrogens is 464 g/mol. The summed E-state index contributed by atoms with van der Waals surface area (Å²) in [7, 11) is 0.0237. The number of para-hydroxylation sites is 1. The van der Waals surface area contributed by atoms with E-state index in [1.54, 1.807) is 20.4 Å². The van der Waals surface area contributed by atoms with Gasteiger partial charge in [0.15, 0.2) is 10.6 Å². The number of hydrogen-bond acceptors (Lipinski definition) is 7. The van der Waals surface area contributed by atoms with Crippen molar-refractivity contribution >= 4 is 22.4 Å². The van der Waals surface area contributed by atoms with E-state index < -0.39 is 10.2 Å². The van der Waals surface area contributed by atoms with Crippen LogP contribution in [0.1, 0.15) is 13.8 Å². The van der Waals surface area contributed by atoms with Crippen molar-refractivity contribution in [1.29, 1.82) is 0 Å². The number of aromatic nitrogens is 3. The van der Waals surface area contributed by atoms with Gasteiger partial charge < -0.3 is 14.0 Å². The van der Waals surface area contributed by atoms with Crippen molar-refractivity contribution in [3.8, 4) is 17.1 Å². The molecule has 0 amide bonds. The Kier molecular flexibility index (Phi) is 7.22. The molecule has 182 valence electrons. The summed E-state index contributed by atoms with van der Waals surface area (Å²) in [4.78, 5) is 2.17. The van der Waals surface area contributed by atoms with Crippen molar-refractivity contribution in [2.24, 2.45) is 7.05 Å². The monoisotopic (exact) mass is 496 g/mol. The predicted octanol–water partition coefficient (Wildman–Crippen LogP) is 1.56. The van der Waals surface area contributed by atoms with Gasteiger partial charge in [0.05, 0.1) is 31.5 Å². The van der Waals surface area contributed by atoms with Crippen LogP contribution >= 0.6 is 12.2 Å². The quantitative estimate of drug-likeness (QED) is 0.561. The van der Waals surface area contributed by atoms with Gasteiger partial charge in [-0.25, -0.2) is 4.68 Å². The van der Waals surface area contributed by atoms with Gasteiger partial charge in [-0.1, -0.05) is 12.1 Å². The van der Waals surface area contributed by atoms with Crippen molar-refractivity contribution in [2.75, 3.05) is 46.4 Å². The van der Waals surface area contributed by atoms with E-state index in [2.05, 4.69) is 4.90 Å². The Morgan fingerprint density at radius 3 is 2.36 bits per heavy atom. The van der Waals surface area contributed by atoms with E-state index in [4.69, 9.17) is 26.8 Å². The number of rotatable bonds is 6. The van der Waals surface area contributed by atoms with Gasteiger partial charge in [-0.2, -0.15) is 22.1 Å². The fourth-order valence-corrected chi connectivity index (χ4v) is 6.35. The van der Waals surface area contributed by atoms with Gasteiger partial charge in [-0.15, -0.1) is 0 Å². The zero-order chi connectivity index (χ0) is 23.8. The molecule has 1 aromatic carbocycles. The topological polar surface area (TPSA) is 85.1 Å². The molecular formula is C21H32N6O4S2. The highest BCUT2D eigenvalue weighted by Crippen LogP contribution is 2.28. The Balaban J connectivity index is 1.43. The minimum Gasteiger partial charge on any atom is -0.496 e. The highest BCUT2D eigenvalue weighted by Gasteiger charge is 2.36. The van der Waals surface area contributed by atoms with Crippen LogP contribution in [0.4, 0.5) is 0 Å². The molecule has 2 atom stereocenters. The number of methoxy groups -OCH3 is 1. The Bertz CT molecular complexity index is 1130. The molecule has 0 saturated carbocycles. The number of piperazine rings is 1. The predicted molar refractivity (Wildman–Crippen MR) is 128 cm³/mol.